The maximum absolute atomic E-state index is 5.58. The van der Waals surface area contributed by atoms with Crippen LogP contribution in [0.2, 0.25) is 0 Å². The van der Waals surface area contributed by atoms with Crippen LogP contribution in [0.4, 0.5) is 0 Å². The Labute approximate surface area is 99.0 Å². The third-order valence-corrected chi connectivity index (χ3v) is 2.87. The topological polar surface area (TPSA) is 56.0 Å². The molecule has 0 fully saturated rings. The van der Waals surface area contributed by atoms with E-state index in [0.29, 0.717) is 17.9 Å². The first-order valence-electron chi connectivity index (χ1n) is 5.24. The normalized spacial score (nSPS) is 10.9. The van der Waals surface area contributed by atoms with Gasteiger partial charge in [0.15, 0.2) is 4.77 Å². The number of rotatable bonds is 4. The molecule has 4 nitrogen and oxygen atoms in total. The summed E-state index contributed by atoms with van der Waals surface area (Å²) in [6, 6.07) is 5.89. The van der Waals surface area contributed by atoms with Crippen molar-refractivity contribution in [2.24, 2.45) is 12.8 Å². The fraction of sp³-hybridized carbons (Fsp3) is 0.364. The smallest absolute Gasteiger partial charge is 0.177 e. The van der Waals surface area contributed by atoms with Crippen LogP contribution in [0.1, 0.15) is 6.42 Å². The van der Waals surface area contributed by atoms with Gasteiger partial charge in [0.05, 0.1) is 17.6 Å². The van der Waals surface area contributed by atoms with Gasteiger partial charge in [0.2, 0.25) is 0 Å². The van der Waals surface area contributed by atoms with Crippen LogP contribution in [0.25, 0.3) is 11.0 Å². The molecule has 2 rings (SSSR count). The number of nitrogens with one attached hydrogen (secondary N) is 1. The molecule has 1 heterocycles. The zero-order valence-corrected chi connectivity index (χ0v) is 10.0. The second-order valence-corrected chi connectivity index (χ2v) is 4.05. The zero-order valence-electron chi connectivity index (χ0n) is 9.19. The van der Waals surface area contributed by atoms with Gasteiger partial charge >= 0.3 is 0 Å². The number of aromatic nitrogens is 2. The maximum Gasteiger partial charge on any atom is 0.177 e. The van der Waals surface area contributed by atoms with E-state index in [0.717, 1.165) is 23.2 Å². The Morgan fingerprint density at radius 3 is 3.06 bits per heavy atom. The van der Waals surface area contributed by atoms with E-state index in [9.17, 15) is 0 Å². The molecule has 1 aromatic carbocycles. The predicted octanol–water partition coefficient (Wildman–Crippen LogP) is 1.96. The summed E-state index contributed by atoms with van der Waals surface area (Å²) in [6.45, 7) is 1.30. The Hall–Kier alpha value is -1.33. The fourth-order valence-corrected chi connectivity index (χ4v) is 1.77. The third-order valence-electron chi connectivity index (χ3n) is 2.49. The first kappa shape index (κ1) is 11.2. The Morgan fingerprint density at radius 1 is 1.50 bits per heavy atom. The molecule has 1 aromatic heterocycles. The number of imidazole rings is 1. The number of nitrogens with two attached hydrogens (primary N) is 1. The largest absolute Gasteiger partial charge is 0.493 e. The van der Waals surface area contributed by atoms with Crippen LogP contribution in [0.5, 0.6) is 5.75 Å². The molecule has 5 heteroatoms. The average Bonchev–Trinajstić information content (AvgIpc) is 2.56. The molecular weight excluding hydrogens is 222 g/mol. The van der Waals surface area contributed by atoms with Crippen molar-refractivity contribution in [2.45, 2.75) is 6.42 Å². The number of aryl methyl sites for hydroxylation is 1. The van der Waals surface area contributed by atoms with Gasteiger partial charge in [-0.05, 0) is 37.3 Å². The van der Waals surface area contributed by atoms with E-state index in [1.54, 1.807) is 0 Å². The second-order valence-electron chi connectivity index (χ2n) is 3.66. The Balaban J connectivity index is 2.28. The summed E-state index contributed by atoms with van der Waals surface area (Å²) in [5, 5.41) is 0. The summed E-state index contributed by atoms with van der Waals surface area (Å²) in [7, 11) is 1.94. The standard InChI is InChI=1S/C11H15N3OS/c1-14-10-7-8(15-6-2-5-12)3-4-9(10)13-11(14)16/h3-4,7H,2,5-6,12H2,1H3,(H,13,16). The molecule has 86 valence electrons. The highest BCUT2D eigenvalue weighted by Gasteiger charge is 2.02. The molecule has 0 atom stereocenters. The highest BCUT2D eigenvalue weighted by atomic mass is 32.1. The van der Waals surface area contributed by atoms with Gasteiger partial charge in [-0.1, -0.05) is 0 Å². The average molecular weight is 237 g/mol. The van der Waals surface area contributed by atoms with Crippen molar-refractivity contribution in [1.29, 1.82) is 0 Å². The van der Waals surface area contributed by atoms with Crippen LogP contribution >= 0.6 is 12.2 Å². The fourth-order valence-electron chi connectivity index (χ4n) is 1.57. The summed E-state index contributed by atoms with van der Waals surface area (Å²) in [4.78, 5) is 3.12. The summed E-state index contributed by atoms with van der Waals surface area (Å²) < 4.78 is 8.23. The third kappa shape index (κ3) is 2.10. The van der Waals surface area contributed by atoms with E-state index in [4.69, 9.17) is 22.7 Å². The number of hydrogen-bond donors (Lipinski definition) is 2. The number of nitrogens with zero attached hydrogens (tertiary/aromatic N) is 1. The summed E-state index contributed by atoms with van der Waals surface area (Å²) >= 11 is 5.15. The van der Waals surface area contributed by atoms with E-state index in [1.807, 2.05) is 29.8 Å². The van der Waals surface area contributed by atoms with Crippen molar-refractivity contribution in [2.75, 3.05) is 13.2 Å². The molecule has 0 aliphatic heterocycles. The van der Waals surface area contributed by atoms with Crippen molar-refractivity contribution in [3.05, 3.63) is 23.0 Å². The maximum atomic E-state index is 5.58. The van der Waals surface area contributed by atoms with Crippen LogP contribution in [0.3, 0.4) is 0 Å². The van der Waals surface area contributed by atoms with E-state index < -0.39 is 0 Å². The molecule has 16 heavy (non-hydrogen) atoms. The lowest BCUT2D eigenvalue weighted by Crippen LogP contribution is -2.06. The van der Waals surface area contributed by atoms with Gasteiger partial charge < -0.3 is 20.0 Å². The lowest BCUT2D eigenvalue weighted by molar-refractivity contribution is 0.314. The molecule has 0 aliphatic carbocycles. The highest BCUT2D eigenvalue weighted by Crippen LogP contribution is 2.20. The van der Waals surface area contributed by atoms with Crippen molar-refractivity contribution in [1.82, 2.24) is 9.55 Å². The van der Waals surface area contributed by atoms with Gasteiger partial charge in [-0.2, -0.15) is 0 Å². The van der Waals surface area contributed by atoms with E-state index in [2.05, 4.69) is 4.98 Å². The van der Waals surface area contributed by atoms with Crippen LogP contribution in [-0.2, 0) is 7.05 Å². The molecule has 0 unspecified atom stereocenters. The number of fused-ring (bicyclic) bond motifs is 1. The van der Waals surface area contributed by atoms with Gasteiger partial charge in [0, 0.05) is 13.1 Å². The van der Waals surface area contributed by atoms with Crippen LogP contribution < -0.4 is 10.5 Å². The van der Waals surface area contributed by atoms with E-state index >= 15 is 0 Å². The summed E-state index contributed by atoms with van der Waals surface area (Å²) in [5.74, 6) is 0.852. The van der Waals surface area contributed by atoms with Crippen molar-refractivity contribution >= 4 is 23.3 Å². The van der Waals surface area contributed by atoms with Gasteiger partial charge in [-0.15, -0.1) is 0 Å². The first-order valence-corrected chi connectivity index (χ1v) is 5.65. The minimum Gasteiger partial charge on any atom is -0.493 e. The molecule has 0 aliphatic rings. The summed E-state index contributed by atoms with van der Waals surface area (Å²) in [6.07, 6.45) is 0.865. The molecule has 3 N–H and O–H groups in total. The number of benzene rings is 1. The van der Waals surface area contributed by atoms with Gasteiger partial charge in [0.25, 0.3) is 0 Å². The molecule has 0 bridgehead atoms. The SMILES string of the molecule is Cn1c(=S)[nH]c2ccc(OCCCN)cc21. The molecule has 0 radical (unpaired) electrons. The van der Waals surface area contributed by atoms with Crippen molar-refractivity contribution in [3.8, 4) is 5.75 Å². The van der Waals surface area contributed by atoms with Crippen molar-refractivity contribution in [3.63, 3.8) is 0 Å². The molecule has 0 saturated heterocycles. The minimum atomic E-state index is 0.649. The minimum absolute atomic E-state index is 0.649. The molecule has 0 spiro atoms. The lowest BCUT2D eigenvalue weighted by Gasteiger charge is -2.05. The Kier molecular flexibility index (Phi) is 3.26. The zero-order chi connectivity index (χ0) is 11.5. The van der Waals surface area contributed by atoms with Crippen LogP contribution in [-0.4, -0.2) is 22.7 Å². The number of ether oxygens (including phenoxy) is 1. The van der Waals surface area contributed by atoms with Gasteiger partial charge in [-0.25, -0.2) is 0 Å². The monoisotopic (exact) mass is 237 g/mol. The highest BCUT2D eigenvalue weighted by molar-refractivity contribution is 7.71. The Bertz CT molecular complexity index is 544. The van der Waals surface area contributed by atoms with Gasteiger partial charge in [-0.3, -0.25) is 0 Å². The number of H-pyrrole nitrogens is 1. The van der Waals surface area contributed by atoms with Crippen LogP contribution in [0, 0.1) is 4.77 Å². The summed E-state index contributed by atoms with van der Waals surface area (Å²) in [5.41, 5.74) is 7.49. The molecule has 0 saturated carbocycles. The molecular formula is C11H15N3OS. The van der Waals surface area contributed by atoms with Crippen molar-refractivity contribution < 1.29 is 4.74 Å². The molecule has 0 amide bonds. The second kappa shape index (κ2) is 4.67. The number of aromatic amines is 1. The van der Waals surface area contributed by atoms with Crippen LogP contribution in [0.15, 0.2) is 18.2 Å². The predicted molar refractivity (Wildman–Crippen MR) is 67.3 cm³/mol. The van der Waals surface area contributed by atoms with E-state index in [-0.39, 0.29) is 0 Å². The Morgan fingerprint density at radius 2 is 2.31 bits per heavy atom. The number of hydrogen-bond acceptors (Lipinski definition) is 3. The first-order chi connectivity index (χ1) is 7.72. The lowest BCUT2D eigenvalue weighted by atomic mass is 10.3. The van der Waals surface area contributed by atoms with Gasteiger partial charge in [0.1, 0.15) is 5.75 Å². The quantitative estimate of drug-likeness (QED) is 0.631. The van der Waals surface area contributed by atoms with E-state index in [1.165, 1.54) is 0 Å². The molecule has 2 aromatic rings.